The fourth-order valence-corrected chi connectivity index (χ4v) is 1.08. The van der Waals surface area contributed by atoms with Gasteiger partial charge in [0.25, 0.3) is 0 Å². The number of esters is 1. The second-order valence-corrected chi connectivity index (χ2v) is 3.29. The van der Waals surface area contributed by atoms with Gasteiger partial charge in [-0.1, -0.05) is 6.92 Å². The molecule has 0 spiro atoms. The van der Waals surface area contributed by atoms with Crippen LogP contribution in [-0.4, -0.2) is 26.2 Å². The van der Waals surface area contributed by atoms with E-state index in [-0.39, 0.29) is 11.9 Å². The van der Waals surface area contributed by atoms with Crippen molar-refractivity contribution in [1.29, 1.82) is 0 Å². The van der Waals surface area contributed by atoms with Crippen LogP contribution in [0.15, 0.2) is 0 Å². The normalized spacial score (nSPS) is 11.8. The summed E-state index contributed by atoms with van der Waals surface area (Å²) in [6.07, 6.45) is 8.04. The van der Waals surface area contributed by atoms with Crippen LogP contribution in [0.5, 0.6) is 0 Å². The van der Waals surface area contributed by atoms with Gasteiger partial charge in [-0.15, -0.1) is 12.3 Å². The van der Waals surface area contributed by atoms with E-state index in [2.05, 4.69) is 16.0 Å². The first-order valence-corrected chi connectivity index (χ1v) is 4.94. The van der Waals surface area contributed by atoms with Crippen molar-refractivity contribution < 1.29 is 9.53 Å². The van der Waals surface area contributed by atoms with Gasteiger partial charge in [0.1, 0.15) is 0 Å². The topological polar surface area (TPSA) is 38.3 Å². The molecule has 0 aliphatic heterocycles. The van der Waals surface area contributed by atoms with E-state index in [0.29, 0.717) is 6.54 Å². The molecular formula is C11H19NO2. The van der Waals surface area contributed by atoms with Crippen molar-refractivity contribution in [2.75, 3.05) is 20.2 Å². The molecule has 0 radical (unpaired) electrons. The van der Waals surface area contributed by atoms with Gasteiger partial charge in [-0.25, -0.2) is 0 Å². The van der Waals surface area contributed by atoms with Crippen molar-refractivity contribution in [2.24, 2.45) is 5.92 Å². The highest BCUT2D eigenvalue weighted by Crippen LogP contribution is 1.96. The highest BCUT2D eigenvalue weighted by atomic mass is 16.5. The van der Waals surface area contributed by atoms with Gasteiger partial charge in [0.05, 0.1) is 13.0 Å². The predicted octanol–water partition coefficient (Wildman–Crippen LogP) is 1.19. The van der Waals surface area contributed by atoms with Crippen molar-refractivity contribution in [1.82, 2.24) is 5.32 Å². The highest BCUT2D eigenvalue weighted by molar-refractivity contribution is 5.71. The number of hydrogen-bond acceptors (Lipinski definition) is 3. The highest BCUT2D eigenvalue weighted by Gasteiger charge is 2.11. The van der Waals surface area contributed by atoms with Gasteiger partial charge in [0.15, 0.2) is 0 Å². The largest absolute Gasteiger partial charge is 0.469 e. The van der Waals surface area contributed by atoms with Crippen molar-refractivity contribution in [3.05, 3.63) is 0 Å². The standard InChI is InChI=1S/C11H19NO2/c1-4-5-6-7-8-12-9-10(2)11(13)14-3/h1,10,12H,5-9H2,2-3H3. The SMILES string of the molecule is C#CCCCCNCC(C)C(=O)OC. The first kappa shape index (κ1) is 13.0. The van der Waals surface area contributed by atoms with Gasteiger partial charge >= 0.3 is 5.97 Å². The molecule has 0 saturated carbocycles. The van der Waals surface area contributed by atoms with Crippen LogP contribution in [0.1, 0.15) is 26.2 Å². The molecule has 1 N–H and O–H groups in total. The van der Waals surface area contributed by atoms with Crippen molar-refractivity contribution in [3.8, 4) is 12.3 Å². The zero-order valence-electron chi connectivity index (χ0n) is 9.01. The van der Waals surface area contributed by atoms with E-state index in [1.165, 1.54) is 7.11 Å². The van der Waals surface area contributed by atoms with Crippen LogP contribution in [0.25, 0.3) is 0 Å². The maximum absolute atomic E-state index is 11.0. The van der Waals surface area contributed by atoms with E-state index in [1.54, 1.807) is 0 Å². The molecule has 0 rings (SSSR count). The third-order valence-electron chi connectivity index (χ3n) is 1.98. The number of nitrogens with one attached hydrogen (secondary N) is 1. The van der Waals surface area contributed by atoms with E-state index < -0.39 is 0 Å². The van der Waals surface area contributed by atoms with E-state index >= 15 is 0 Å². The third kappa shape index (κ3) is 6.50. The van der Waals surface area contributed by atoms with E-state index in [1.807, 2.05) is 6.92 Å². The zero-order chi connectivity index (χ0) is 10.8. The van der Waals surface area contributed by atoms with Gasteiger partial charge < -0.3 is 10.1 Å². The summed E-state index contributed by atoms with van der Waals surface area (Å²) in [5.41, 5.74) is 0. The Bertz CT molecular complexity index is 196. The predicted molar refractivity (Wildman–Crippen MR) is 56.7 cm³/mol. The summed E-state index contributed by atoms with van der Waals surface area (Å²) in [4.78, 5) is 11.0. The minimum atomic E-state index is -0.166. The summed E-state index contributed by atoms with van der Waals surface area (Å²) in [7, 11) is 1.41. The molecule has 80 valence electrons. The molecule has 0 bridgehead atoms. The molecule has 0 heterocycles. The number of hydrogen-bond donors (Lipinski definition) is 1. The lowest BCUT2D eigenvalue weighted by Gasteiger charge is -2.09. The lowest BCUT2D eigenvalue weighted by Crippen LogP contribution is -2.27. The molecule has 0 amide bonds. The van der Waals surface area contributed by atoms with Gasteiger partial charge in [0, 0.05) is 13.0 Å². The molecule has 0 saturated heterocycles. The summed E-state index contributed by atoms with van der Waals surface area (Å²) in [6.45, 7) is 3.42. The van der Waals surface area contributed by atoms with Crippen LogP contribution >= 0.6 is 0 Å². The van der Waals surface area contributed by atoms with E-state index in [9.17, 15) is 4.79 Å². The summed E-state index contributed by atoms with van der Waals surface area (Å²) >= 11 is 0. The Morgan fingerprint density at radius 1 is 1.57 bits per heavy atom. The van der Waals surface area contributed by atoms with Crippen molar-refractivity contribution in [2.45, 2.75) is 26.2 Å². The smallest absolute Gasteiger partial charge is 0.309 e. The van der Waals surface area contributed by atoms with E-state index in [0.717, 1.165) is 25.8 Å². The minimum Gasteiger partial charge on any atom is -0.469 e. The number of terminal acetylenes is 1. The fraction of sp³-hybridized carbons (Fsp3) is 0.727. The Morgan fingerprint density at radius 2 is 2.29 bits per heavy atom. The molecule has 1 atom stereocenters. The number of carbonyl (C=O) groups excluding carboxylic acids is 1. The average Bonchev–Trinajstić information content (AvgIpc) is 2.21. The lowest BCUT2D eigenvalue weighted by atomic mass is 10.2. The molecule has 1 unspecified atom stereocenters. The zero-order valence-corrected chi connectivity index (χ0v) is 9.01. The number of carbonyl (C=O) groups is 1. The molecule has 14 heavy (non-hydrogen) atoms. The van der Waals surface area contributed by atoms with Crippen LogP contribution in [0.2, 0.25) is 0 Å². The second-order valence-electron chi connectivity index (χ2n) is 3.29. The molecule has 0 aliphatic carbocycles. The van der Waals surface area contributed by atoms with Crippen LogP contribution in [-0.2, 0) is 9.53 Å². The molecule has 0 aromatic heterocycles. The summed E-state index contributed by atoms with van der Waals surface area (Å²) in [5, 5.41) is 3.19. The van der Waals surface area contributed by atoms with Crippen LogP contribution in [0.4, 0.5) is 0 Å². The molecule has 0 aromatic carbocycles. The number of rotatable bonds is 7. The van der Waals surface area contributed by atoms with Crippen molar-refractivity contribution in [3.63, 3.8) is 0 Å². The Balaban J connectivity index is 3.28. The van der Waals surface area contributed by atoms with E-state index in [4.69, 9.17) is 6.42 Å². The number of unbranched alkanes of at least 4 members (excludes halogenated alkanes) is 2. The van der Waals surface area contributed by atoms with Gasteiger partial charge in [-0.05, 0) is 19.4 Å². The van der Waals surface area contributed by atoms with Gasteiger partial charge in [0.2, 0.25) is 0 Å². The van der Waals surface area contributed by atoms with Crippen LogP contribution < -0.4 is 5.32 Å². The Hall–Kier alpha value is -1.01. The summed E-state index contributed by atoms with van der Waals surface area (Å²) in [6, 6.07) is 0. The third-order valence-corrected chi connectivity index (χ3v) is 1.98. The average molecular weight is 197 g/mol. The lowest BCUT2D eigenvalue weighted by molar-refractivity contribution is -0.144. The second kappa shape index (κ2) is 8.58. The maximum atomic E-state index is 11.0. The van der Waals surface area contributed by atoms with Gasteiger partial charge in [-0.3, -0.25) is 4.79 Å². The molecule has 0 aliphatic rings. The fourth-order valence-electron chi connectivity index (χ4n) is 1.08. The quantitative estimate of drug-likeness (QED) is 0.378. The molecule has 3 nitrogen and oxygen atoms in total. The maximum Gasteiger partial charge on any atom is 0.309 e. The first-order valence-electron chi connectivity index (χ1n) is 4.94. The van der Waals surface area contributed by atoms with Crippen LogP contribution in [0.3, 0.4) is 0 Å². The first-order chi connectivity index (χ1) is 6.72. The number of methoxy groups -OCH3 is 1. The van der Waals surface area contributed by atoms with Gasteiger partial charge in [-0.2, -0.15) is 0 Å². The van der Waals surface area contributed by atoms with Crippen LogP contribution in [0, 0.1) is 18.3 Å². The molecule has 0 aromatic rings. The summed E-state index contributed by atoms with van der Waals surface area (Å²) < 4.78 is 4.60. The Morgan fingerprint density at radius 3 is 2.86 bits per heavy atom. The van der Waals surface area contributed by atoms with Crippen molar-refractivity contribution >= 4 is 5.97 Å². The Kier molecular flexibility index (Phi) is 7.96. The minimum absolute atomic E-state index is 0.0763. The Labute approximate surface area is 86.2 Å². The summed E-state index contributed by atoms with van der Waals surface area (Å²) in [5.74, 6) is 2.35. The number of ether oxygens (including phenoxy) is 1. The molecule has 3 heteroatoms. The monoisotopic (exact) mass is 197 g/mol. The molecular weight excluding hydrogens is 178 g/mol. The molecule has 0 fully saturated rings.